The van der Waals surface area contributed by atoms with Crippen LogP contribution in [0.2, 0.25) is 5.02 Å². The topological polar surface area (TPSA) is 47.9 Å². The summed E-state index contributed by atoms with van der Waals surface area (Å²) >= 11 is 5.94. The first-order valence-corrected chi connectivity index (χ1v) is 9.38. The molecule has 1 saturated heterocycles. The summed E-state index contributed by atoms with van der Waals surface area (Å²) in [6, 6.07) is 8.18. The quantitative estimate of drug-likeness (QED) is 0.358. The van der Waals surface area contributed by atoms with Gasteiger partial charge in [0.05, 0.1) is 0 Å². The Morgan fingerprint density at radius 3 is 2.62 bits per heavy atom. The van der Waals surface area contributed by atoms with Crippen LogP contribution < -0.4 is 5.32 Å². The molecule has 0 saturated carbocycles. The third-order valence-corrected chi connectivity index (χ3v) is 4.94. The molecule has 0 aliphatic carbocycles. The number of aliphatic imine (C=N–C) groups is 1. The molecule has 0 bridgehead atoms. The zero-order valence-corrected chi connectivity index (χ0v) is 19.0. The van der Waals surface area contributed by atoms with Gasteiger partial charge in [-0.3, -0.25) is 9.79 Å². The Bertz CT molecular complexity index is 594. The minimum Gasteiger partial charge on any atom is -0.356 e. The van der Waals surface area contributed by atoms with Gasteiger partial charge in [0.15, 0.2) is 5.96 Å². The van der Waals surface area contributed by atoms with E-state index in [1.54, 1.807) is 7.05 Å². The van der Waals surface area contributed by atoms with Gasteiger partial charge < -0.3 is 15.1 Å². The maximum absolute atomic E-state index is 11.9. The summed E-state index contributed by atoms with van der Waals surface area (Å²) in [5.74, 6) is 1.16. The van der Waals surface area contributed by atoms with Gasteiger partial charge in [0.2, 0.25) is 5.91 Å². The molecule has 1 aliphatic rings. The molecule has 1 N–H and O–H groups in total. The lowest BCUT2D eigenvalue weighted by atomic mass is 10.1. The van der Waals surface area contributed by atoms with Crippen LogP contribution in [-0.4, -0.2) is 54.9 Å². The monoisotopic (exact) mass is 492 g/mol. The smallest absolute Gasteiger partial charge is 0.222 e. The fourth-order valence-electron chi connectivity index (χ4n) is 3.31. The molecule has 1 aliphatic heterocycles. The van der Waals surface area contributed by atoms with E-state index in [1.165, 1.54) is 5.56 Å². The number of carbonyl (C=O) groups is 1. The molecule has 1 atom stereocenters. The van der Waals surface area contributed by atoms with Gasteiger partial charge in [-0.15, -0.1) is 24.0 Å². The molecule has 2 rings (SSSR count). The van der Waals surface area contributed by atoms with Crippen molar-refractivity contribution in [1.29, 1.82) is 0 Å². The lowest BCUT2D eigenvalue weighted by Crippen LogP contribution is -2.42. The van der Waals surface area contributed by atoms with Crippen molar-refractivity contribution in [3.63, 3.8) is 0 Å². The Morgan fingerprint density at radius 1 is 1.38 bits per heavy atom. The van der Waals surface area contributed by atoms with E-state index < -0.39 is 0 Å². The molecule has 1 amide bonds. The Hall–Kier alpha value is -1.02. The van der Waals surface area contributed by atoms with Crippen molar-refractivity contribution >= 4 is 47.4 Å². The lowest BCUT2D eigenvalue weighted by molar-refractivity contribution is -0.129. The molecular weight excluding hydrogens is 463 g/mol. The molecule has 0 radical (unpaired) electrons. The second kappa shape index (κ2) is 11.6. The van der Waals surface area contributed by atoms with Crippen molar-refractivity contribution in [3.05, 3.63) is 34.9 Å². The van der Waals surface area contributed by atoms with E-state index in [0.717, 1.165) is 49.9 Å². The molecule has 146 valence electrons. The van der Waals surface area contributed by atoms with Crippen molar-refractivity contribution in [1.82, 2.24) is 15.1 Å². The summed E-state index contributed by atoms with van der Waals surface area (Å²) in [7, 11) is 3.81. The largest absolute Gasteiger partial charge is 0.356 e. The van der Waals surface area contributed by atoms with Gasteiger partial charge in [-0.1, -0.05) is 30.7 Å². The first-order chi connectivity index (χ1) is 12.0. The first kappa shape index (κ1) is 23.0. The maximum atomic E-state index is 11.9. The summed E-state index contributed by atoms with van der Waals surface area (Å²) in [5.41, 5.74) is 1.18. The normalized spacial score (nSPS) is 15.6. The fourth-order valence-corrected chi connectivity index (χ4v) is 3.44. The molecule has 5 nitrogen and oxygen atoms in total. The number of carbonyl (C=O) groups excluding carboxylic acids is 1. The number of nitrogens with one attached hydrogen (secondary N) is 1. The zero-order valence-electron chi connectivity index (χ0n) is 15.9. The van der Waals surface area contributed by atoms with Crippen molar-refractivity contribution in [2.45, 2.75) is 45.2 Å². The molecule has 1 aromatic carbocycles. The fraction of sp³-hybridized carbons (Fsp3) is 0.579. The summed E-state index contributed by atoms with van der Waals surface area (Å²) in [5, 5.41) is 4.16. The van der Waals surface area contributed by atoms with E-state index in [-0.39, 0.29) is 24.0 Å². The van der Waals surface area contributed by atoms with Gasteiger partial charge in [0.25, 0.3) is 0 Å². The zero-order chi connectivity index (χ0) is 18.2. The molecule has 26 heavy (non-hydrogen) atoms. The molecule has 7 heteroatoms. The molecule has 0 spiro atoms. The van der Waals surface area contributed by atoms with E-state index in [0.29, 0.717) is 18.4 Å². The van der Waals surface area contributed by atoms with E-state index in [4.69, 9.17) is 11.6 Å². The Labute approximate surface area is 179 Å². The number of hydrogen-bond acceptors (Lipinski definition) is 2. The van der Waals surface area contributed by atoms with Gasteiger partial charge in [0, 0.05) is 51.2 Å². The second-order valence-corrected chi connectivity index (χ2v) is 6.93. The number of hydrogen-bond donors (Lipinski definition) is 1. The minimum absolute atomic E-state index is 0. The highest BCUT2D eigenvalue weighted by Gasteiger charge is 2.26. The molecule has 1 fully saturated rings. The molecule has 0 aromatic heterocycles. The predicted octanol–water partition coefficient (Wildman–Crippen LogP) is 3.76. The summed E-state index contributed by atoms with van der Waals surface area (Å²) in [4.78, 5) is 20.4. The van der Waals surface area contributed by atoms with Crippen molar-refractivity contribution in [3.8, 4) is 0 Å². The van der Waals surface area contributed by atoms with Crippen LogP contribution in [0, 0.1) is 0 Å². The van der Waals surface area contributed by atoms with Crippen LogP contribution in [-0.2, 0) is 11.3 Å². The number of guanidine groups is 1. The molecule has 1 heterocycles. The van der Waals surface area contributed by atoms with Crippen molar-refractivity contribution in [2.24, 2.45) is 4.99 Å². The average Bonchev–Trinajstić information content (AvgIpc) is 3.03. The molecular formula is C19H30ClIN4O. The average molecular weight is 493 g/mol. The summed E-state index contributed by atoms with van der Waals surface area (Å²) in [6.07, 6.45) is 3.63. The van der Waals surface area contributed by atoms with Crippen LogP contribution in [0.1, 0.15) is 38.2 Å². The number of halogens is 2. The Morgan fingerprint density at radius 2 is 2.08 bits per heavy atom. The standard InChI is InChI=1S/C19H29ClN4O.HI/c1-4-17(24-13-5-6-18(24)25)11-12-22-19(21-2)23(3)14-15-7-9-16(20)10-8-15;/h7-10,17H,4-6,11-14H2,1-3H3,(H,21,22);1H. The van der Waals surface area contributed by atoms with Gasteiger partial charge >= 0.3 is 0 Å². The SMILES string of the molecule is CCC(CCNC(=NC)N(C)Cc1ccc(Cl)cc1)N1CCCC1=O.I. The Balaban J connectivity index is 0.00000338. The van der Waals surface area contributed by atoms with Crippen LogP contribution in [0.4, 0.5) is 0 Å². The summed E-state index contributed by atoms with van der Waals surface area (Å²) < 4.78 is 0. The number of benzene rings is 1. The molecule has 1 aromatic rings. The molecule has 1 unspecified atom stereocenters. The second-order valence-electron chi connectivity index (χ2n) is 6.50. The van der Waals surface area contributed by atoms with Crippen LogP contribution in [0.15, 0.2) is 29.3 Å². The van der Waals surface area contributed by atoms with Crippen LogP contribution >= 0.6 is 35.6 Å². The van der Waals surface area contributed by atoms with Crippen LogP contribution in [0.25, 0.3) is 0 Å². The summed E-state index contributed by atoms with van der Waals surface area (Å²) in [6.45, 7) is 4.62. The number of amides is 1. The van der Waals surface area contributed by atoms with Crippen molar-refractivity contribution < 1.29 is 4.79 Å². The minimum atomic E-state index is 0. The van der Waals surface area contributed by atoms with Gasteiger partial charge in [-0.05, 0) is 37.0 Å². The lowest BCUT2D eigenvalue weighted by Gasteiger charge is -2.28. The number of rotatable bonds is 7. The first-order valence-electron chi connectivity index (χ1n) is 9.00. The van der Waals surface area contributed by atoms with Crippen LogP contribution in [0.5, 0.6) is 0 Å². The predicted molar refractivity (Wildman–Crippen MR) is 119 cm³/mol. The van der Waals surface area contributed by atoms with E-state index in [9.17, 15) is 4.79 Å². The van der Waals surface area contributed by atoms with Gasteiger partial charge in [0.1, 0.15) is 0 Å². The third kappa shape index (κ3) is 6.61. The van der Waals surface area contributed by atoms with E-state index >= 15 is 0 Å². The van der Waals surface area contributed by atoms with Gasteiger partial charge in [-0.25, -0.2) is 0 Å². The maximum Gasteiger partial charge on any atom is 0.222 e. The van der Waals surface area contributed by atoms with Crippen molar-refractivity contribution in [2.75, 3.05) is 27.2 Å². The number of likely N-dealkylation sites (tertiary alicyclic amines) is 1. The Kier molecular flexibility index (Phi) is 10.3. The van der Waals surface area contributed by atoms with Crippen LogP contribution in [0.3, 0.4) is 0 Å². The van der Waals surface area contributed by atoms with E-state index in [1.807, 2.05) is 36.2 Å². The third-order valence-electron chi connectivity index (χ3n) is 4.69. The van der Waals surface area contributed by atoms with Gasteiger partial charge in [-0.2, -0.15) is 0 Å². The highest BCUT2D eigenvalue weighted by molar-refractivity contribution is 14.0. The highest BCUT2D eigenvalue weighted by atomic mass is 127. The highest BCUT2D eigenvalue weighted by Crippen LogP contribution is 2.17. The number of nitrogens with zero attached hydrogens (tertiary/aromatic N) is 3. The van der Waals surface area contributed by atoms with E-state index in [2.05, 4.69) is 22.1 Å².